The molecule has 0 saturated heterocycles. The Balaban J connectivity index is 1.63. The van der Waals surface area contributed by atoms with Gasteiger partial charge in [-0.05, 0) is 57.0 Å². The molecule has 3 N–H and O–H groups in total. The zero-order valence-corrected chi connectivity index (χ0v) is 9.34. The summed E-state index contributed by atoms with van der Waals surface area (Å²) >= 11 is 0. The van der Waals surface area contributed by atoms with Crippen molar-refractivity contribution in [3.05, 3.63) is 0 Å². The summed E-state index contributed by atoms with van der Waals surface area (Å²) in [4.78, 5) is 0. The normalized spacial score (nSPS) is 37.7. The van der Waals surface area contributed by atoms with E-state index in [4.69, 9.17) is 5.73 Å². The molecule has 2 heteroatoms. The Morgan fingerprint density at radius 1 is 1.29 bits per heavy atom. The molecule has 0 aromatic heterocycles. The van der Waals surface area contributed by atoms with Crippen LogP contribution in [0.4, 0.5) is 0 Å². The van der Waals surface area contributed by atoms with Crippen molar-refractivity contribution < 1.29 is 0 Å². The minimum Gasteiger partial charge on any atom is -0.330 e. The van der Waals surface area contributed by atoms with Crippen molar-refractivity contribution in [1.82, 2.24) is 5.32 Å². The van der Waals surface area contributed by atoms with E-state index in [1.807, 2.05) is 0 Å². The monoisotopic (exact) mass is 196 g/mol. The molecule has 0 spiro atoms. The highest BCUT2D eigenvalue weighted by Gasteiger charge is 2.49. The average molecular weight is 196 g/mol. The molecule has 14 heavy (non-hydrogen) atoms. The van der Waals surface area contributed by atoms with Gasteiger partial charge in [-0.25, -0.2) is 0 Å². The molecule has 3 unspecified atom stereocenters. The summed E-state index contributed by atoms with van der Waals surface area (Å²) in [7, 11) is 0. The quantitative estimate of drug-likeness (QED) is 0.703. The zero-order chi connectivity index (χ0) is 9.97. The van der Waals surface area contributed by atoms with Crippen molar-refractivity contribution in [3.8, 4) is 0 Å². The van der Waals surface area contributed by atoms with E-state index >= 15 is 0 Å². The maximum Gasteiger partial charge on any atom is 0.00508 e. The number of hydrogen-bond acceptors (Lipinski definition) is 2. The summed E-state index contributed by atoms with van der Waals surface area (Å²) in [6.07, 6.45) is 7.08. The number of hydrogen-bond donors (Lipinski definition) is 2. The van der Waals surface area contributed by atoms with Crippen molar-refractivity contribution >= 4 is 0 Å². The van der Waals surface area contributed by atoms with Crippen LogP contribution in [-0.4, -0.2) is 19.1 Å². The lowest BCUT2D eigenvalue weighted by Gasteiger charge is -2.12. The van der Waals surface area contributed by atoms with Crippen LogP contribution in [0, 0.1) is 17.8 Å². The van der Waals surface area contributed by atoms with Crippen LogP contribution in [0.1, 0.15) is 39.0 Å². The van der Waals surface area contributed by atoms with Gasteiger partial charge in [0.2, 0.25) is 0 Å². The van der Waals surface area contributed by atoms with Crippen LogP contribution in [0.2, 0.25) is 0 Å². The van der Waals surface area contributed by atoms with Gasteiger partial charge in [0, 0.05) is 6.04 Å². The van der Waals surface area contributed by atoms with Gasteiger partial charge in [-0.3, -0.25) is 0 Å². The molecule has 2 saturated carbocycles. The first-order valence-electron chi connectivity index (χ1n) is 6.26. The minimum atomic E-state index is 0.614. The van der Waals surface area contributed by atoms with Crippen molar-refractivity contribution in [3.63, 3.8) is 0 Å². The van der Waals surface area contributed by atoms with Gasteiger partial charge >= 0.3 is 0 Å². The first kappa shape index (κ1) is 10.4. The molecule has 2 aliphatic rings. The van der Waals surface area contributed by atoms with E-state index in [-0.39, 0.29) is 0 Å². The standard InChI is InChI=1S/C12H24N2/c1-9(6-7-13)14-8-12-10-4-2-3-5-11(10)12/h9-12,14H,2-8,13H2,1H3. The number of rotatable bonds is 5. The summed E-state index contributed by atoms with van der Waals surface area (Å²) in [6.45, 7) is 4.31. The summed E-state index contributed by atoms with van der Waals surface area (Å²) in [5.41, 5.74) is 5.53. The maximum absolute atomic E-state index is 5.53. The van der Waals surface area contributed by atoms with Gasteiger partial charge in [-0.1, -0.05) is 12.8 Å². The van der Waals surface area contributed by atoms with E-state index < -0.39 is 0 Å². The highest BCUT2D eigenvalue weighted by molar-refractivity contribution is 5.00. The highest BCUT2D eigenvalue weighted by atomic mass is 14.9. The Hall–Kier alpha value is -0.0800. The molecule has 0 amide bonds. The fraction of sp³-hybridized carbons (Fsp3) is 1.00. The Morgan fingerprint density at radius 3 is 2.50 bits per heavy atom. The van der Waals surface area contributed by atoms with Gasteiger partial charge in [-0.15, -0.1) is 0 Å². The van der Waals surface area contributed by atoms with Crippen LogP contribution in [0.15, 0.2) is 0 Å². The average Bonchev–Trinajstić information content (AvgIpc) is 2.89. The van der Waals surface area contributed by atoms with Crippen molar-refractivity contribution in [2.24, 2.45) is 23.5 Å². The van der Waals surface area contributed by atoms with Crippen LogP contribution >= 0.6 is 0 Å². The minimum absolute atomic E-state index is 0.614. The second kappa shape index (κ2) is 4.63. The van der Waals surface area contributed by atoms with Gasteiger partial charge in [0.15, 0.2) is 0 Å². The lowest BCUT2D eigenvalue weighted by atomic mass is 10.0. The Bertz CT molecular complexity index is 169. The molecule has 0 heterocycles. The molecule has 2 nitrogen and oxygen atoms in total. The molecule has 2 aliphatic carbocycles. The van der Waals surface area contributed by atoms with Gasteiger partial charge in [0.05, 0.1) is 0 Å². The molecule has 0 aliphatic heterocycles. The van der Waals surface area contributed by atoms with E-state index in [0.29, 0.717) is 6.04 Å². The Morgan fingerprint density at radius 2 is 1.93 bits per heavy atom. The predicted octanol–water partition coefficient (Wildman–Crippen LogP) is 1.75. The molecule has 82 valence electrons. The van der Waals surface area contributed by atoms with Gasteiger partial charge in [0.1, 0.15) is 0 Å². The third-order valence-corrected chi connectivity index (χ3v) is 4.14. The smallest absolute Gasteiger partial charge is 0.00508 e. The molecule has 0 radical (unpaired) electrons. The lowest BCUT2D eigenvalue weighted by Crippen LogP contribution is -2.30. The topological polar surface area (TPSA) is 38.0 Å². The lowest BCUT2D eigenvalue weighted by molar-refractivity contribution is 0.480. The molecule has 0 bridgehead atoms. The van der Waals surface area contributed by atoms with E-state index in [1.165, 1.54) is 32.2 Å². The fourth-order valence-electron chi connectivity index (χ4n) is 3.13. The summed E-state index contributed by atoms with van der Waals surface area (Å²) in [5.74, 6) is 3.18. The van der Waals surface area contributed by atoms with Gasteiger partial charge in [0.25, 0.3) is 0 Å². The molecule has 3 atom stereocenters. The number of fused-ring (bicyclic) bond motifs is 1. The fourth-order valence-corrected chi connectivity index (χ4v) is 3.13. The van der Waals surface area contributed by atoms with Crippen molar-refractivity contribution in [1.29, 1.82) is 0 Å². The number of nitrogens with two attached hydrogens (primary N) is 1. The molecule has 2 fully saturated rings. The van der Waals surface area contributed by atoms with E-state index in [1.54, 1.807) is 0 Å². The SMILES string of the molecule is CC(CCN)NCC1C2CCCCC21. The molecule has 0 aromatic rings. The molecule has 2 rings (SSSR count). The van der Waals surface area contributed by atoms with Crippen molar-refractivity contribution in [2.75, 3.05) is 13.1 Å². The molecule has 0 aromatic carbocycles. The highest BCUT2D eigenvalue weighted by Crippen LogP contribution is 2.54. The van der Waals surface area contributed by atoms with Crippen LogP contribution < -0.4 is 11.1 Å². The predicted molar refractivity (Wildman–Crippen MR) is 60.1 cm³/mol. The summed E-state index contributed by atoms with van der Waals surface area (Å²) in [5, 5.41) is 3.62. The van der Waals surface area contributed by atoms with Crippen LogP contribution in [0.5, 0.6) is 0 Å². The third-order valence-electron chi connectivity index (χ3n) is 4.14. The Labute approximate surface area is 87.6 Å². The second-order valence-electron chi connectivity index (χ2n) is 5.16. The van der Waals surface area contributed by atoms with Crippen LogP contribution in [0.25, 0.3) is 0 Å². The zero-order valence-electron chi connectivity index (χ0n) is 9.34. The van der Waals surface area contributed by atoms with Crippen LogP contribution in [-0.2, 0) is 0 Å². The Kier molecular flexibility index (Phi) is 3.45. The molecular formula is C12H24N2. The maximum atomic E-state index is 5.53. The van der Waals surface area contributed by atoms with Gasteiger partial charge in [-0.2, -0.15) is 0 Å². The second-order valence-corrected chi connectivity index (χ2v) is 5.16. The van der Waals surface area contributed by atoms with E-state index in [2.05, 4.69) is 12.2 Å². The van der Waals surface area contributed by atoms with E-state index in [9.17, 15) is 0 Å². The first-order chi connectivity index (χ1) is 6.83. The van der Waals surface area contributed by atoms with Gasteiger partial charge < -0.3 is 11.1 Å². The molecular weight excluding hydrogens is 172 g/mol. The third kappa shape index (κ3) is 2.29. The first-order valence-corrected chi connectivity index (χ1v) is 6.26. The largest absolute Gasteiger partial charge is 0.330 e. The number of nitrogens with one attached hydrogen (secondary N) is 1. The summed E-state index contributed by atoms with van der Waals surface area (Å²) in [6, 6.07) is 0.614. The van der Waals surface area contributed by atoms with Crippen molar-refractivity contribution in [2.45, 2.75) is 45.1 Å². The van der Waals surface area contributed by atoms with E-state index in [0.717, 1.165) is 30.7 Å². The van der Waals surface area contributed by atoms with Crippen LogP contribution in [0.3, 0.4) is 0 Å². The summed E-state index contributed by atoms with van der Waals surface area (Å²) < 4.78 is 0.